The molecule has 0 saturated heterocycles. The second-order valence-electron chi connectivity index (χ2n) is 5.51. The van der Waals surface area contributed by atoms with Crippen molar-refractivity contribution in [1.29, 1.82) is 0 Å². The van der Waals surface area contributed by atoms with E-state index in [2.05, 4.69) is 36.5 Å². The molecule has 1 aromatic rings. The molecule has 0 amide bonds. The number of benzene rings is 1. The van der Waals surface area contributed by atoms with Crippen molar-refractivity contribution in [3.63, 3.8) is 0 Å². The van der Waals surface area contributed by atoms with Gasteiger partial charge < -0.3 is 10.1 Å². The number of carbonyl (C=O) groups is 1. The molecule has 3 heteroatoms. The van der Waals surface area contributed by atoms with Crippen LogP contribution in [-0.4, -0.2) is 18.6 Å². The molecule has 1 aromatic carbocycles. The Hall–Kier alpha value is -1.51. The number of hydrogen-bond acceptors (Lipinski definition) is 3. The minimum atomic E-state index is -0.0275. The van der Waals surface area contributed by atoms with E-state index in [1.165, 1.54) is 5.56 Å². The van der Waals surface area contributed by atoms with E-state index >= 15 is 0 Å². The third-order valence-electron chi connectivity index (χ3n) is 4.03. The molecule has 1 N–H and O–H groups in total. The SMILES string of the molecule is CCOC(=O)C1CCCC(Nc2ccc(CC)cc2)C1. The Bertz CT molecular complexity index is 427. The summed E-state index contributed by atoms with van der Waals surface area (Å²) in [7, 11) is 0. The van der Waals surface area contributed by atoms with Crippen LogP contribution in [-0.2, 0) is 16.0 Å². The fourth-order valence-corrected chi connectivity index (χ4v) is 2.87. The van der Waals surface area contributed by atoms with Gasteiger partial charge in [-0.2, -0.15) is 0 Å². The first-order valence-electron chi connectivity index (χ1n) is 7.75. The molecule has 3 nitrogen and oxygen atoms in total. The highest BCUT2D eigenvalue weighted by Gasteiger charge is 2.28. The van der Waals surface area contributed by atoms with Gasteiger partial charge >= 0.3 is 5.97 Å². The van der Waals surface area contributed by atoms with Crippen LogP contribution in [0.15, 0.2) is 24.3 Å². The quantitative estimate of drug-likeness (QED) is 0.831. The number of anilines is 1. The zero-order chi connectivity index (χ0) is 14.4. The van der Waals surface area contributed by atoms with Crippen molar-refractivity contribution in [3.8, 4) is 0 Å². The molecule has 110 valence electrons. The number of hydrogen-bond donors (Lipinski definition) is 1. The lowest BCUT2D eigenvalue weighted by Crippen LogP contribution is -2.32. The number of carbonyl (C=O) groups excluding carboxylic acids is 1. The van der Waals surface area contributed by atoms with E-state index in [1.807, 2.05) is 6.92 Å². The van der Waals surface area contributed by atoms with Crippen LogP contribution < -0.4 is 5.32 Å². The second-order valence-corrected chi connectivity index (χ2v) is 5.51. The van der Waals surface area contributed by atoms with Gasteiger partial charge in [0.2, 0.25) is 0 Å². The molecule has 2 rings (SSSR count). The minimum absolute atomic E-state index is 0.0275. The molecule has 1 saturated carbocycles. The average molecular weight is 275 g/mol. The van der Waals surface area contributed by atoms with E-state index in [4.69, 9.17) is 4.74 Å². The van der Waals surface area contributed by atoms with Crippen molar-refractivity contribution in [3.05, 3.63) is 29.8 Å². The van der Waals surface area contributed by atoms with Crippen LogP contribution in [0.5, 0.6) is 0 Å². The van der Waals surface area contributed by atoms with Crippen molar-refractivity contribution in [2.24, 2.45) is 5.92 Å². The van der Waals surface area contributed by atoms with Crippen LogP contribution in [0.25, 0.3) is 0 Å². The standard InChI is InChI=1S/C17H25NO2/c1-3-13-8-10-15(11-9-13)18-16-7-5-6-14(12-16)17(19)20-4-2/h8-11,14,16,18H,3-7,12H2,1-2H3. The van der Waals surface area contributed by atoms with Crippen LogP contribution in [0.1, 0.15) is 45.1 Å². The van der Waals surface area contributed by atoms with Gasteiger partial charge in [0.15, 0.2) is 0 Å². The Labute approximate surface area is 121 Å². The van der Waals surface area contributed by atoms with E-state index in [-0.39, 0.29) is 11.9 Å². The van der Waals surface area contributed by atoms with E-state index in [0.717, 1.165) is 37.8 Å². The Morgan fingerprint density at radius 1 is 1.25 bits per heavy atom. The van der Waals surface area contributed by atoms with Crippen molar-refractivity contribution in [2.75, 3.05) is 11.9 Å². The number of esters is 1. The zero-order valence-electron chi connectivity index (χ0n) is 12.5. The summed E-state index contributed by atoms with van der Waals surface area (Å²) in [5.41, 5.74) is 2.50. The van der Waals surface area contributed by atoms with Gasteiger partial charge in [-0.15, -0.1) is 0 Å². The van der Waals surface area contributed by atoms with E-state index in [9.17, 15) is 4.79 Å². The molecule has 0 spiro atoms. The molecule has 1 fully saturated rings. The summed E-state index contributed by atoms with van der Waals surface area (Å²) in [6.07, 6.45) is 5.13. The highest BCUT2D eigenvalue weighted by molar-refractivity contribution is 5.72. The number of nitrogens with one attached hydrogen (secondary N) is 1. The predicted octanol–water partition coefficient (Wildman–Crippen LogP) is 3.78. The minimum Gasteiger partial charge on any atom is -0.466 e. The molecule has 0 aliphatic heterocycles. The van der Waals surface area contributed by atoms with Crippen molar-refractivity contribution in [2.45, 2.75) is 52.0 Å². The van der Waals surface area contributed by atoms with E-state index < -0.39 is 0 Å². The van der Waals surface area contributed by atoms with Crippen molar-refractivity contribution < 1.29 is 9.53 Å². The van der Waals surface area contributed by atoms with Crippen LogP contribution in [0.2, 0.25) is 0 Å². The molecule has 0 radical (unpaired) electrons. The topological polar surface area (TPSA) is 38.3 Å². The van der Waals surface area contributed by atoms with Crippen LogP contribution >= 0.6 is 0 Å². The fraction of sp³-hybridized carbons (Fsp3) is 0.588. The van der Waals surface area contributed by atoms with Crippen LogP contribution in [0.4, 0.5) is 5.69 Å². The molecule has 0 bridgehead atoms. The summed E-state index contributed by atoms with van der Waals surface area (Å²) >= 11 is 0. The van der Waals surface area contributed by atoms with E-state index in [0.29, 0.717) is 12.6 Å². The molecular formula is C17H25NO2. The first-order chi connectivity index (χ1) is 9.72. The monoisotopic (exact) mass is 275 g/mol. The third-order valence-corrected chi connectivity index (χ3v) is 4.03. The number of rotatable bonds is 5. The molecule has 20 heavy (non-hydrogen) atoms. The summed E-state index contributed by atoms with van der Waals surface area (Å²) in [6.45, 7) is 4.51. The molecule has 2 atom stereocenters. The molecule has 1 aliphatic rings. The maximum Gasteiger partial charge on any atom is 0.308 e. The summed E-state index contributed by atoms with van der Waals surface area (Å²) in [6, 6.07) is 8.97. The summed E-state index contributed by atoms with van der Waals surface area (Å²) in [5.74, 6) is 0.0384. The summed E-state index contributed by atoms with van der Waals surface area (Å²) in [5, 5.41) is 3.55. The second kappa shape index (κ2) is 7.32. The zero-order valence-corrected chi connectivity index (χ0v) is 12.5. The van der Waals surface area contributed by atoms with E-state index in [1.54, 1.807) is 0 Å². The van der Waals surface area contributed by atoms with Gasteiger partial charge in [0, 0.05) is 11.7 Å². The van der Waals surface area contributed by atoms with Crippen LogP contribution in [0, 0.1) is 5.92 Å². The summed E-state index contributed by atoms with van der Waals surface area (Å²) < 4.78 is 5.14. The predicted molar refractivity (Wildman–Crippen MR) is 81.8 cm³/mol. The van der Waals surface area contributed by atoms with Gasteiger partial charge in [0.1, 0.15) is 0 Å². The van der Waals surface area contributed by atoms with Gasteiger partial charge in [-0.1, -0.05) is 25.5 Å². The highest BCUT2D eigenvalue weighted by atomic mass is 16.5. The van der Waals surface area contributed by atoms with Gasteiger partial charge in [0.25, 0.3) is 0 Å². The Morgan fingerprint density at radius 2 is 2.00 bits per heavy atom. The van der Waals surface area contributed by atoms with Gasteiger partial charge in [0.05, 0.1) is 12.5 Å². The normalized spacial score (nSPS) is 22.3. The third kappa shape index (κ3) is 3.99. The molecule has 0 aromatic heterocycles. The first kappa shape index (κ1) is 14.9. The molecule has 1 aliphatic carbocycles. The molecular weight excluding hydrogens is 250 g/mol. The lowest BCUT2D eigenvalue weighted by Gasteiger charge is -2.29. The summed E-state index contributed by atoms with van der Waals surface area (Å²) in [4.78, 5) is 11.8. The van der Waals surface area contributed by atoms with Crippen molar-refractivity contribution in [1.82, 2.24) is 0 Å². The van der Waals surface area contributed by atoms with Crippen molar-refractivity contribution >= 4 is 11.7 Å². The molecule has 2 unspecified atom stereocenters. The Morgan fingerprint density at radius 3 is 2.65 bits per heavy atom. The smallest absolute Gasteiger partial charge is 0.308 e. The Kier molecular flexibility index (Phi) is 5.45. The number of ether oxygens (including phenoxy) is 1. The maximum absolute atomic E-state index is 11.8. The average Bonchev–Trinajstić information content (AvgIpc) is 2.48. The largest absolute Gasteiger partial charge is 0.466 e. The lowest BCUT2D eigenvalue weighted by atomic mass is 9.85. The van der Waals surface area contributed by atoms with Gasteiger partial charge in [-0.25, -0.2) is 0 Å². The highest BCUT2D eigenvalue weighted by Crippen LogP contribution is 2.27. The van der Waals surface area contributed by atoms with Crippen LogP contribution in [0.3, 0.4) is 0 Å². The Balaban J connectivity index is 1.90. The lowest BCUT2D eigenvalue weighted by molar-refractivity contribution is -0.149. The fourth-order valence-electron chi connectivity index (χ4n) is 2.87. The maximum atomic E-state index is 11.8. The first-order valence-corrected chi connectivity index (χ1v) is 7.75. The van der Waals surface area contributed by atoms with Gasteiger partial charge in [-0.05, 0) is 50.3 Å². The molecule has 0 heterocycles. The number of aryl methyl sites for hydroxylation is 1. The van der Waals surface area contributed by atoms with Gasteiger partial charge in [-0.3, -0.25) is 4.79 Å².